The summed E-state index contributed by atoms with van der Waals surface area (Å²) < 4.78 is 3.41. The van der Waals surface area contributed by atoms with Gasteiger partial charge >= 0.3 is 0 Å². The molecule has 2 heterocycles. The highest BCUT2D eigenvalue weighted by molar-refractivity contribution is 7.99. The molecule has 5 rings (SSSR count). The van der Waals surface area contributed by atoms with Crippen LogP contribution in [0.2, 0.25) is 0 Å². The number of aryl methyl sites for hydroxylation is 1. The molecule has 1 aliphatic carbocycles. The number of thioether (sulfide) groups is 1. The van der Waals surface area contributed by atoms with Crippen LogP contribution in [0.15, 0.2) is 71.1 Å². The van der Waals surface area contributed by atoms with Crippen molar-refractivity contribution in [2.45, 2.75) is 37.0 Å². The van der Waals surface area contributed by atoms with E-state index >= 15 is 0 Å². The predicted molar refractivity (Wildman–Crippen MR) is 131 cm³/mol. The number of carbonyl (C=O) groups excluding carboxylic acids is 1. The number of hydrogen-bond acceptors (Lipinski definition) is 5. The molecule has 0 aliphatic heterocycles. The Hall–Kier alpha value is -3.39. The van der Waals surface area contributed by atoms with Crippen LogP contribution in [0.4, 0.5) is 0 Å². The van der Waals surface area contributed by atoms with E-state index in [0.29, 0.717) is 22.9 Å². The van der Waals surface area contributed by atoms with Crippen LogP contribution in [-0.4, -0.2) is 42.8 Å². The lowest BCUT2D eigenvalue weighted by atomic mass is 9.87. The average molecular weight is 460 g/mol. The summed E-state index contributed by atoms with van der Waals surface area (Å²) in [5, 5.41) is 9.76. The highest BCUT2D eigenvalue weighted by atomic mass is 32.2. The molecule has 1 atom stereocenters. The summed E-state index contributed by atoms with van der Waals surface area (Å²) in [5.74, 6) is 0.732. The highest BCUT2D eigenvalue weighted by Crippen LogP contribution is 2.34. The molecule has 7 nitrogen and oxygen atoms in total. The summed E-state index contributed by atoms with van der Waals surface area (Å²) in [6, 6.07) is 15.9. The first kappa shape index (κ1) is 21.5. The number of carbonyl (C=O) groups is 1. The Labute approximate surface area is 195 Å². The Balaban J connectivity index is 1.44. The van der Waals surface area contributed by atoms with E-state index in [1.165, 1.54) is 22.9 Å². The Bertz CT molecular complexity index is 1420. The van der Waals surface area contributed by atoms with Crippen molar-refractivity contribution in [3.05, 3.63) is 82.7 Å². The fraction of sp³-hybridized carbons (Fsp3) is 0.280. The molecule has 0 fully saturated rings. The van der Waals surface area contributed by atoms with E-state index in [0.717, 1.165) is 24.8 Å². The third kappa shape index (κ3) is 3.74. The van der Waals surface area contributed by atoms with Crippen LogP contribution < -0.4 is 5.56 Å². The molecule has 2 aromatic carbocycles. The average Bonchev–Trinajstić information content (AvgIpc) is 3.28. The molecule has 8 heteroatoms. The van der Waals surface area contributed by atoms with Gasteiger partial charge in [-0.1, -0.05) is 54.2 Å². The number of allylic oxidation sites excluding steroid dienone is 1. The summed E-state index contributed by atoms with van der Waals surface area (Å²) in [4.78, 5) is 28.0. The summed E-state index contributed by atoms with van der Waals surface area (Å²) >= 11 is 1.34. The second-order valence-electron chi connectivity index (χ2n) is 8.24. The van der Waals surface area contributed by atoms with E-state index in [1.807, 2.05) is 40.6 Å². The normalized spacial score (nSPS) is 15.5. The summed E-state index contributed by atoms with van der Waals surface area (Å²) in [6.07, 6.45) is 4.77. The monoisotopic (exact) mass is 459 g/mol. The van der Waals surface area contributed by atoms with Crippen LogP contribution in [0.3, 0.4) is 0 Å². The van der Waals surface area contributed by atoms with Crippen LogP contribution in [-0.2, 0) is 17.8 Å². The molecule has 0 spiro atoms. The molecular formula is C25H25N5O2S. The van der Waals surface area contributed by atoms with Gasteiger partial charge < -0.3 is 4.90 Å². The summed E-state index contributed by atoms with van der Waals surface area (Å²) in [5.41, 5.74) is 3.18. The molecule has 0 radical (unpaired) electrons. The van der Waals surface area contributed by atoms with Crippen LogP contribution in [0.25, 0.3) is 16.7 Å². The van der Waals surface area contributed by atoms with Crippen molar-refractivity contribution < 1.29 is 4.79 Å². The summed E-state index contributed by atoms with van der Waals surface area (Å²) in [6.45, 7) is 4.09. The lowest BCUT2D eigenvalue weighted by molar-refractivity contribution is -0.129. The van der Waals surface area contributed by atoms with Gasteiger partial charge in [0, 0.05) is 13.6 Å². The number of benzene rings is 2. The van der Waals surface area contributed by atoms with E-state index in [1.54, 1.807) is 16.7 Å². The first-order valence-corrected chi connectivity index (χ1v) is 12.0. The van der Waals surface area contributed by atoms with Gasteiger partial charge in [-0.15, -0.1) is 16.8 Å². The van der Waals surface area contributed by atoms with Gasteiger partial charge in [0.05, 0.1) is 22.7 Å². The number of para-hydroxylation sites is 1. The predicted octanol–water partition coefficient (Wildman–Crippen LogP) is 3.86. The van der Waals surface area contributed by atoms with E-state index < -0.39 is 0 Å². The third-order valence-corrected chi connectivity index (χ3v) is 7.23. The molecule has 1 aliphatic rings. The maximum atomic E-state index is 13.1. The minimum absolute atomic E-state index is 0.0437. The van der Waals surface area contributed by atoms with E-state index in [2.05, 4.69) is 35.0 Å². The maximum absolute atomic E-state index is 13.1. The molecule has 0 bridgehead atoms. The molecular weight excluding hydrogens is 434 g/mol. The zero-order chi connectivity index (χ0) is 22.9. The second-order valence-corrected chi connectivity index (χ2v) is 9.18. The first-order chi connectivity index (χ1) is 16.1. The van der Waals surface area contributed by atoms with Gasteiger partial charge in [-0.25, -0.2) is 0 Å². The molecule has 1 unspecified atom stereocenters. The molecule has 4 aromatic rings. The van der Waals surface area contributed by atoms with Gasteiger partial charge in [-0.2, -0.15) is 0 Å². The molecule has 1 amide bonds. The molecule has 33 heavy (non-hydrogen) atoms. The summed E-state index contributed by atoms with van der Waals surface area (Å²) in [7, 11) is 1.88. The van der Waals surface area contributed by atoms with Crippen LogP contribution in [0.5, 0.6) is 0 Å². The maximum Gasteiger partial charge on any atom is 0.263 e. The van der Waals surface area contributed by atoms with Gasteiger partial charge in [0.1, 0.15) is 0 Å². The Morgan fingerprint density at radius 3 is 2.85 bits per heavy atom. The van der Waals surface area contributed by atoms with Crippen LogP contribution in [0, 0.1) is 0 Å². The first-order valence-electron chi connectivity index (χ1n) is 11.0. The molecule has 0 saturated carbocycles. The molecule has 168 valence electrons. The van der Waals surface area contributed by atoms with E-state index in [4.69, 9.17) is 0 Å². The lowest BCUT2D eigenvalue weighted by Crippen LogP contribution is -2.34. The number of amides is 1. The lowest BCUT2D eigenvalue weighted by Gasteiger charge is -2.33. The SMILES string of the molecule is C=CCn1c(=O)c2ccccc2n2c(SCC(=O)N(C)C3CCCc4ccccc43)nnc12. The van der Waals surface area contributed by atoms with Crippen molar-refractivity contribution in [2.24, 2.45) is 0 Å². The van der Waals surface area contributed by atoms with Gasteiger partial charge in [-0.05, 0) is 42.5 Å². The smallest absolute Gasteiger partial charge is 0.263 e. The number of fused-ring (bicyclic) bond motifs is 4. The fourth-order valence-electron chi connectivity index (χ4n) is 4.65. The van der Waals surface area contributed by atoms with Gasteiger partial charge in [-0.3, -0.25) is 18.6 Å². The van der Waals surface area contributed by atoms with E-state index in [9.17, 15) is 9.59 Å². The quantitative estimate of drug-likeness (QED) is 0.323. The second kappa shape index (κ2) is 8.86. The minimum Gasteiger partial charge on any atom is -0.338 e. The van der Waals surface area contributed by atoms with Crippen molar-refractivity contribution in [2.75, 3.05) is 12.8 Å². The van der Waals surface area contributed by atoms with Crippen molar-refractivity contribution in [3.63, 3.8) is 0 Å². The number of nitrogens with zero attached hydrogens (tertiary/aromatic N) is 5. The zero-order valence-corrected chi connectivity index (χ0v) is 19.3. The number of hydrogen-bond donors (Lipinski definition) is 0. The van der Waals surface area contributed by atoms with Gasteiger partial charge in [0.2, 0.25) is 11.7 Å². The van der Waals surface area contributed by atoms with Crippen molar-refractivity contribution in [3.8, 4) is 0 Å². The standard InChI is InChI=1S/C25H25N5O2S/c1-3-15-29-23(32)19-12-6-7-13-21(19)30-24(29)26-27-25(30)33-16-22(31)28(2)20-14-8-10-17-9-4-5-11-18(17)20/h3-7,9,11-13,20H,1,8,10,14-16H2,2H3. The minimum atomic E-state index is -0.131. The number of rotatable bonds is 6. The van der Waals surface area contributed by atoms with E-state index in [-0.39, 0.29) is 23.3 Å². The van der Waals surface area contributed by atoms with Crippen LogP contribution >= 0.6 is 11.8 Å². The van der Waals surface area contributed by atoms with Gasteiger partial charge in [0.25, 0.3) is 5.56 Å². The number of aromatic nitrogens is 4. The zero-order valence-electron chi connectivity index (χ0n) is 18.5. The molecule has 0 saturated heterocycles. The largest absolute Gasteiger partial charge is 0.338 e. The van der Waals surface area contributed by atoms with Crippen molar-refractivity contribution in [1.29, 1.82) is 0 Å². The Morgan fingerprint density at radius 1 is 1.21 bits per heavy atom. The van der Waals surface area contributed by atoms with Crippen molar-refractivity contribution in [1.82, 2.24) is 24.1 Å². The molecule has 0 N–H and O–H groups in total. The third-order valence-electron chi connectivity index (χ3n) is 6.31. The highest BCUT2D eigenvalue weighted by Gasteiger charge is 2.27. The Morgan fingerprint density at radius 2 is 2.00 bits per heavy atom. The Kier molecular flexibility index (Phi) is 5.76. The molecule has 2 aromatic heterocycles. The fourth-order valence-corrected chi connectivity index (χ4v) is 5.52. The topological polar surface area (TPSA) is 72.5 Å². The van der Waals surface area contributed by atoms with Crippen LogP contribution in [0.1, 0.15) is 30.0 Å². The van der Waals surface area contributed by atoms with Crippen molar-refractivity contribution >= 4 is 34.3 Å². The van der Waals surface area contributed by atoms with Gasteiger partial charge in [0.15, 0.2) is 5.16 Å².